The predicted octanol–water partition coefficient (Wildman–Crippen LogP) is 3.22. The standard InChI is InChI=1S/C34H36N6O5S/c41-29-3-1-2-23(16-29)4-5-24-15-28(21-35-20-24)33(43)40-10-8-39(9-11-40)31-7-6-30(36-37-31)32(42)38-46(44,45)22-34-17-25-12-26(18-34)14-27(13-25)19-34/h1-3,6-7,15-16,20-21,25-27,41H,8-14,17-19,22H2,(H,38,42). The summed E-state index contributed by atoms with van der Waals surface area (Å²) in [5, 5.41) is 17.9. The number of phenols is 1. The van der Waals surface area contributed by atoms with Gasteiger partial charge in [0.15, 0.2) is 11.5 Å². The molecular weight excluding hydrogens is 604 g/mol. The minimum atomic E-state index is -3.82. The number of benzene rings is 1. The summed E-state index contributed by atoms with van der Waals surface area (Å²) < 4.78 is 28.4. The van der Waals surface area contributed by atoms with E-state index in [-0.39, 0.29) is 28.5 Å². The van der Waals surface area contributed by atoms with Gasteiger partial charge in [0.2, 0.25) is 10.0 Å². The highest BCUT2D eigenvalue weighted by molar-refractivity contribution is 7.90. The third-order valence-electron chi connectivity index (χ3n) is 9.87. The van der Waals surface area contributed by atoms with E-state index in [1.807, 2.05) is 4.90 Å². The van der Waals surface area contributed by atoms with Crippen LogP contribution < -0.4 is 9.62 Å². The maximum absolute atomic E-state index is 13.2. The second-order valence-corrected chi connectivity index (χ2v) is 15.1. The van der Waals surface area contributed by atoms with E-state index in [1.165, 1.54) is 31.5 Å². The number of pyridine rings is 1. The van der Waals surface area contributed by atoms with Crippen LogP contribution in [0, 0.1) is 35.0 Å². The van der Waals surface area contributed by atoms with E-state index < -0.39 is 15.9 Å². The Bertz CT molecular complexity index is 1790. The number of aromatic nitrogens is 3. The lowest BCUT2D eigenvalue weighted by Crippen LogP contribution is -2.51. The van der Waals surface area contributed by atoms with Crippen molar-refractivity contribution in [1.82, 2.24) is 24.8 Å². The average molecular weight is 641 g/mol. The van der Waals surface area contributed by atoms with Crippen LogP contribution in [0.25, 0.3) is 0 Å². The molecule has 12 heteroatoms. The zero-order valence-electron chi connectivity index (χ0n) is 25.4. The van der Waals surface area contributed by atoms with Crippen molar-refractivity contribution in [2.75, 3.05) is 36.8 Å². The molecule has 4 saturated carbocycles. The quantitative estimate of drug-likeness (QED) is 0.388. The number of nitrogens with zero attached hydrogens (tertiary/aromatic N) is 5. The Balaban J connectivity index is 0.926. The van der Waals surface area contributed by atoms with Crippen molar-refractivity contribution >= 4 is 27.7 Å². The fourth-order valence-corrected chi connectivity index (χ4v) is 10.0. The van der Waals surface area contributed by atoms with Gasteiger partial charge in [0.05, 0.1) is 11.3 Å². The smallest absolute Gasteiger partial charge is 0.285 e. The number of carbonyl (C=O) groups is 2. The highest BCUT2D eigenvalue weighted by Gasteiger charge is 2.52. The van der Waals surface area contributed by atoms with Crippen molar-refractivity contribution < 1.29 is 23.1 Å². The van der Waals surface area contributed by atoms with Crippen LogP contribution in [0.1, 0.15) is 70.5 Å². The normalized spacial score (nSPS) is 25.1. The van der Waals surface area contributed by atoms with Crippen LogP contribution in [0.5, 0.6) is 5.75 Å². The maximum atomic E-state index is 13.2. The van der Waals surface area contributed by atoms with Crippen molar-refractivity contribution in [1.29, 1.82) is 0 Å². The number of sulfonamides is 1. The summed E-state index contributed by atoms with van der Waals surface area (Å²) in [6, 6.07) is 11.5. The number of carbonyl (C=O) groups excluding carboxylic acids is 2. The number of hydrogen-bond acceptors (Lipinski definition) is 9. The first-order valence-electron chi connectivity index (χ1n) is 15.8. The third kappa shape index (κ3) is 6.56. The summed E-state index contributed by atoms with van der Waals surface area (Å²) in [6.45, 7) is 1.92. The Kier molecular flexibility index (Phi) is 7.88. The summed E-state index contributed by atoms with van der Waals surface area (Å²) in [5.41, 5.74) is 1.42. The lowest BCUT2D eigenvalue weighted by atomic mass is 9.50. The molecule has 46 heavy (non-hydrogen) atoms. The number of anilines is 1. The zero-order valence-corrected chi connectivity index (χ0v) is 26.2. The molecule has 0 radical (unpaired) electrons. The Hall–Kier alpha value is -4.50. The van der Waals surface area contributed by atoms with Crippen LogP contribution in [0.2, 0.25) is 0 Å². The fraction of sp³-hybridized carbons (Fsp3) is 0.441. The van der Waals surface area contributed by atoms with E-state index in [2.05, 4.69) is 31.7 Å². The minimum absolute atomic E-state index is 0.00339. The fourth-order valence-electron chi connectivity index (χ4n) is 8.39. The molecule has 2 amide bonds. The molecule has 0 spiro atoms. The van der Waals surface area contributed by atoms with E-state index in [4.69, 9.17) is 0 Å². The van der Waals surface area contributed by atoms with Crippen LogP contribution in [0.4, 0.5) is 5.82 Å². The summed E-state index contributed by atoms with van der Waals surface area (Å²) in [4.78, 5) is 34.0. The highest BCUT2D eigenvalue weighted by Crippen LogP contribution is 2.60. The largest absolute Gasteiger partial charge is 0.508 e. The van der Waals surface area contributed by atoms with Gasteiger partial charge in [-0.2, -0.15) is 0 Å². The number of phenolic OH excluding ortho intramolecular Hbond substituents is 1. The van der Waals surface area contributed by atoms with Gasteiger partial charge >= 0.3 is 0 Å². The first-order valence-corrected chi connectivity index (χ1v) is 17.5. The maximum Gasteiger partial charge on any atom is 0.285 e. The summed E-state index contributed by atoms with van der Waals surface area (Å²) >= 11 is 0. The van der Waals surface area contributed by atoms with Gasteiger partial charge < -0.3 is 14.9 Å². The number of aromatic hydroxyl groups is 1. The van der Waals surface area contributed by atoms with Crippen LogP contribution in [0.15, 0.2) is 54.9 Å². The second-order valence-electron chi connectivity index (χ2n) is 13.4. The van der Waals surface area contributed by atoms with E-state index >= 15 is 0 Å². The van der Waals surface area contributed by atoms with Crippen molar-refractivity contribution in [3.63, 3.8) is 0 Å². The van der Waals surface area contributed by atoms with Gasteiger partial charge in [0.25, 0.3) is 11.8 Å². The Labute approximate surface area is 268 Å². The van der Waals surface area contributed by atoms with Gasteiger partial charge in [-0.25, -0.2) is 13.1 Å². The first-order chi connectivity index (χ1) is 22.1. The van der Waals surface area contributed by atoms with Crippen LogP contribution in [-0.2, 0) is 10.0 Å². The van der Waals surface area contributed by atoms with E-state index in [9.17, 15) is 23.1 Å². The van der Waals surface area contributed by atoms with Gasteiger partial charge in [-0.1, -0.05) is 17.9 Å². The molecule has 0 unspecified atom stereocenters. The van der Waals surface area contributed by atoms with E-state index in [0.717, 1.165) is 19.3 Å². The molecule has 3 heterocycles. The van der Waals surface area contributed by atoms with E-state index in [0.29, 0.717) is 66.4 Å². The zero-order chi connectivity index (χ0) is 31.9. The van der Waals surface area contributed by atoms with Gasteiger partial charge in [-0.3, -0.25) is 14.6 Å². The molecule has 1 aliphatic heterocycles. The Morgan fingerprint density at radius 3 is 2.24 bits per heavy atom. The van der Waals surface area contributed by atoms with Crippen molar-refractivity contribution in [3.8, 4) is 17.6 Å². The van der Waals surface area contributed by atoms with E-state index in [1.54, 1.807) is 47.5 Å². The van der Waals surface area contributed by atoms with Gasteiger partial charge in [0.1, 0.15) is 5.75 Å². The second kappa shape index (κ2) is 12.0. The van der Waals surface area contributed by atoms with Crippen LogP contribution >= 0.6 is 0 Å². The molecule has 1 aromatic carbocycles. The summed E-state index contributed by atoms with van der Waals surface area (Å²) in [6.07, 6.45) is 9.62. The molecular formula is C34H36N6O5S. The molecule has 238 valence electrons. The van der Waals surface area contributed by atoms with Crippen molar-refractivity contribution in [3.05, 3.63) is 77.2 Å². The molecule has 4 aliphatic carbocycles. The molecule has 11 nitrogen and oxygen atoms in total. The van der Waals surface area contributed by atoms with Gasteiger partial charge in [-0.05, 0) is 98.1 Å². The molecule has 0 atom stereocenters. The van der Waals surface area contributed by atoms with Crippen LogP contribution in [-0.4, -0.2) is 77.4 Å². The number of hydrogen-bond donors (Lipinski definition) is 2. The van der Waals surface area contributed by atoms with Gasteiger partial charge in [-0.15, -0.1) is 10.2 Å². The molecule has 4 bridgehead atoms. The van der Waals surface area contributed by atoms with Crippen molar-refractivity contribution in [2.24, 2.45) is 23.2 Å². The molecule has 5 aliphatic rings. The van der Waals surface area contributed by atoms with Crippen molar-refractivity contribution in [2.45, 2.75) is 38.5 Å². The molecule has 3 aromatic rings. The Morgan fingerprint density at radius 1 is 0.891 bits per heavy atom. The highest BCUT2D eigenvalue weighted by atomic mass is 32.2. The first kappa shape index (κ1) is 30.2. The molecule has 5 fully saturated rings. The SMILES string of the molecule is O=C(NS(=O)(=O)CC12CC3CC(CC(C3)C1)C2)c1ccc(N2CCN(C(=O)c3cncc(C#Cc4cccc(O)c4)c3)CC2)nn1. The number of rotatable bonds is 6. The minimum Gasteiger partial charge on any atom is -0.508 e. The third-order valence-corrected chi connectivity index (χ3v) is 11.4. The molecule has 2 N–H and O–H groups in total. The summed E-state index contributed by atoms with van der Waals surface area (Å²) in [7, 11) is -3.82. The monoisotopic (exact) mass is 640 g/mol. The Morgan fingerprint density at radius 2 is 1.59 bits per heavy atom. The number of nitrogens with one attached hydrogen (secondary N) is 1. The predicted molar refractivity (Wildman–Crippen MR) is 170 cm³/mol. The lowest BCUT2D eigenvalue weighted by Gasteiger charge is -2.56. The lowest BCUT2D eigenvalue weighted by molar-refractivity contribution is -0.0391. The number of amides is 2. The molecule has 1 saturated heterocycles. The topological polar surface area (TPSA) is 146 Å². The molecule has 2 aromatic heterocycles. The molecule has 8 rings (SSSR count). The number of piperazine rings is 1. The van der Waals surface area contributed by atoms with Gasteiger partial charge in [0, 0.05) is 49.7 Å². The average Bonchev–Trinajstić information content (AvgIpc) is 3.02. The summed E-state index contributed by atoms with van der Waals surface area (Å²) in [5.74, 6) is 7.60. The van der Waals surface area contributed by atoms with Crippen LogP contribution in [0.3, 0.4) is 0 Å².